The van der Waals surface area contributed by atoms with Gasteiger partial charge in [0.05, 0.1) is 17.4 Å². The van der Waals surface area contributed by atoms with Gasteiger partial charge >= 0.3 is 0 Å². The predicted molar refractivity (Wildman–Crippen MR) is 107 cm³/mol. The van der Waals surface area contributed by atoms with E-state index < -0.39 is 0 Å². The van der Waals surface area contributed by atoms with Crippen LogP contribution in [0, 0.1) is 0 Å². The number of para-hydroxylation sites is 1. The molecule has 4 aromatic rings. The molecule has 7 nitrogen and oxygen atoms in total. The number of hydrogen-bond acceptors (Lipinski definition) is 4. The van der Waals surface area contributed by atoms with Crippen LogP contribution < -0.4 is 5.56 Å². The molecule has 0 spiro atoms. The van der Waals surface area contributed by atoms with Crippen molar-refractivity contribution in [1.82, 2.24) is 24.4 Å². The number of nitrogens with one attached hydrogen (secondary N) is 1. The molecular weight excluding hydrogens is 354 g/mol. The molecule has 1 amide bonds. The van der Waals surface area contributed by atoms with Crippen molar-refractivity contribution in [3.63, 3.8) is 0 Å². The van der Waals surface area contributed by atoms with Gasteiger partial charge in [0.2, 0.25) is 5.91 Å². The summed E-state index contributed by atoms with van der Waals surface area (Å²) in [4.78, 5) is 38.0. The summed E-state index contributed by atoms with van der Waals surface area (Å²) in [6.07, 6.45) is 3.46. The Kier molecular flexibility index (Phi) is 4.72. The minimum atomic E-state index is -0.206. The van der Waals surface area contributed by atoms with Crippen LogP contribution in [0.3, 0.4) is 0 Å². The summed E-state index contributed by atoms with van der Waals surface area (Å²) in [5, 5.41) is 0.533. The fourth-order valence-corrected chi connectivity index (χ4v) is 3.07. The zero-order valence-corrected chi connectivity index (χ0v) is 15.4. The van der Waals surface area contributed by atoms with E-state index in [0.717, 1.165) is 11.4 Å². The predicted octanol–water partition coefficient (Wildman–Crippen LogP) is 2.45. The SMILES string of the molecule is CN(Cc1nc2ccccc2c(=O)[nH]1)C(=O)Cn1ccnc1-c1ccccc1. The highest BCUT2D eigenvalue weighted by Gasteiger charge is 2.15. The summed E-state index contributed by atoms with van der Waals surface area (Å²) in [7, 11) is 1.69. The zero-order chi connectivity index (χ0) is 19.5. The van der Waals surface area contributed by atoms with Gasteiger partial charge in [-0.3, -0.25) is 9.59 Å². The van der Waals surface area contributed by atoms with Crippen LogP contribution in [-0.2, 0) is 17.9 Å². The summed E-state index contributed by atoms with van der Waals surface area (Å²) >= 11 is 0. The third-order valence-corrected chi connectivity index (χ3v) is 4.53. The maximum absolute atomic E-state index is 12.7. The number of rotatable bonds is 5. The third-order valence-electron chi connectivity index (χ3n) is 4.53. The number of aromatic nitrogens is 4. The first-order valence-corrected chi connectivity index (χ1v) is 8.90. The quantitative estimate of drug-likeness (QED) is 0.582. The second kappa shape index (κ2) is 7.48. The lowest BCUT2D eigenvalue weighted by Gasteiger charge is -2.18. The molecule has 0 radical (unpaired) electrons. The number of imidazole rings is 1. The molecule has 2 heterocycles. The second-order valence-electron chi connectivity index (χ2n) is 6.52. The summed E-state index contributed by atoms with van der Waals surface area (Å²) < 4.78 is 1.81. The van der Waals surface area contributed by atoms with E-state index in [1.165, 1.54) is 0 Å². The fraction of sp³-hybridized carbons (Fsp3) is 0.143. The lowest BCUT2D eigenvalue weighted by molar-refractivity contribution is -0.131. The van der Waals surface area contributed by atoms with Crippen LogP contribution in [0.4, 0.5) is 0 Å². The first-order chi connectivity index (χ1) is 13.6. The lowest BCUT2D eigenvalue weighted by Crippen LogP contribution is -2.31. The van der Waals surface area contributed by atoms with Crippen LogP contribution in [0.5, 0.6) is 0 Å². The van der Waals surface area contributed by atoms with Crippen molar-refractivity contribution in [2.45, 2.75) is 13.1 Å². The average Bonchev–Trinajstić information content (AvgIpc) is 3.17. The molecule has 0 fully saturated rings. The Morgan fingerprint density at radius 3 is 2.68 bits per heavy atom. The van der Waals surface area contributed by atoms with Crippen molar-refractivity contribution in [3.8, 4) is 11.4 Å². The Labute approximate surface area is 161 Å². The normalized spacial score (nSPS) is 10.9. The summed E-state index contributed by atoms with van der Waals surface area (Å²) in [6.45, 7) is 0.368. The lowest BCUT2D eigenvalue weighted by atomic mass is 10.2. The monoisotopic (exact) mass is 373 g/mol. The molecule has 0 aliphatic rings. The molecule has 0 bridgehead atoms. The average molecular weight is 373 g/mol. The van der Waals surface area contributed by atoms with Crippen LogP contribution in [-0.4, -0.2) is 37.4 Å². The van der Waals surface area contributed by atoms with Crippen LogP contribution in [0.25, 0.3) is 22.3 Å². The molecule has 28 heavy (non-hydrogen) atoms. The minimum absolute atomic E-state index is 0.106. The number of carbonyl (C=O) groups is 1. The van der Waals surface area contributed by atoms with Crippen molar-refractivity contribution in [2.75, 3.05) is 7.05 Å². The highest BCUT2D eigenvalue weighted by Crippen LogP contribution is 2.17. The number of benzene rings is 2. The topological polar surface area (TPSA) is 83.9 Å². The number of likely N-dealkylation sites (N-methyl/N-ethyl adjacent to an activating group) is 1. The van der Waals surface area contributed by atoms with Gasteiger partial charge in [-0.1, -0.05) is 42.5 Å². The summed E-state index contributed by atoms with van der Waals surface area (Å²) in [6, 6.07) is 16.9. The Morgan fingerprint density at radius 1 is 1.11 bits per heavy atom. The van der Waals surface area contributed by atoms with E-state index >= 15 is 0 Å². The van der Waals surface area contributed by atoms with Gasteiger partial charge in [0.1, 0.15) is 18.2 Å². The summed E-state index contributed by atoms with van der Waals surface area (Å²) in [5.74, 6) is 1.08. The molecule has 0 aliphatic carbocycles. The second-order valence-corrected chi connectivity index (χ2v) is 6.52. The number of hydrogen-bond donors (Lipinski definition) is 1. The van der Waals surface area contributed by atoms with Crippen molar-refractivity contribution >= 4 is 16.8 Å². The highest BCUT2D eigenvalue weighted by molar-refractivity contribution is 5.78. The maximum atomic E-state index is 12.7. The first kappa shape index (κ1) is 17.7. The standard InChI is InChI=1S/C21H19N5O2/c1-25(13-18-23-17-10-6-5-9-16(17)21(28)24-18)19(27)14-26-12-11-22-20(26)15-7-3-2-4-8-15/h2-12H,13-14H2,1H3,(H,23,24,28). The number of H-pyrrole nitrogens is 1. The molecule has 4 rings (SSSR count). The van der Waals surface area contributed by atoms with E-state index in [-0.39, 0.29) is 24.6 Å². The van der Waals surface area contributed by atoms with E-state index in [0.29, 0.717) is 16.7 Å². The van der Waals surface area contributed by atoms with E-state index in [4.69, 9.17) is 0 Å². The minimum Gasteiger partial charge on any atom is -0.337 e. The zero-order valence-electron chi connectivity index (χ0n) is 15.4. The van der Waals surface area contributed by atoms with Gasteiger partial charge in [-0.2, -0.15) is 0 Å². The Morgan fingerprint density at radius 2 is 1.86 bits per heavy atom. The number of fused-ring (bicyclic) bond motifs is 1. The van der Waals surface area contributed by atoms with Gasteiger partial charge in [0.15, 0.2) is 0 Å². The molecule has 0 saturated carbocycles. The Bertz CT molecular complexity index is 1180. The van der Waals surface area contributed by atoms with E-state index in [1.54, 1.807) is 42.5 Å². The maximum Gasteiger partial charge on any atom is 0.258 e. The number of aromatic amines is 1. The van der Waals surface area contributed by atoms with E-state index in [9.17, 15) is 9.59 Å². The fourth-order valence-electron chi connectivity index (χ4n) is 3.07. The van der Waals surface area contributed by atoms with Crippen LogP contribution in [0.15, 0.2) is 71.8 Å². The van der Waals surface area contributed by atoms with Crippen LogP contribution in [0.2, 0.25) is 0 Å². The van der Waals surface area contributed by atoms with Gasteiger partial charge in [-0.15, -0.1) is 0 Å². The van der Waals surface area contributed by atoms with Crippen LogP contribution in [0.1, 0.15) is 5.82 Å². The Balaban J connectivity index is 1.51. The van der Waals surface area contributed by atoms with Crippen molar-refractivity contribution in [2.24, 2.45) is 0 Å². The van der Waals surface area contributed by atoms with Gasteiger partial charge in [0.25, 0.3) is 5.56 Å². The molecule has 2 aromatic heterocycles. The van der Waals surface area contributed by atoms with Crippen molar-refractivity contribution in [3.05, 3.63) is 83.2 Å². The van der Waals surface area contributed by atoms with Gasteiger partial charge in [-0.25, -0.2) is 9.97 Å². The molecule has 2 aromatic carbocycles. The molecule has 0 unspecified atom stereocenters. The third kappa shape index (κ3) is 3.55. The number of carbonyl (C=O) groups excluding carboxylic acids is 1. The van der Waals surface area contributed by atoms with Gasteiger partial charge in [0, 0.05) is 25.0 Å². The van der Waals surface area contributed by atoms with Gasteiger partial charge in [-0.05, 0) is 12.1 Å². The van der Waals surface area contributed by atoms with Crippen molar-refractivity contribution in [1.29, 1.82) is 0 Å². The molecule has 1 N–H and O–H groups in total. The van der Waals surface area contributed by atoms with Crippen molar-refractivity contribution < 1.29 is 4.79 Å². The highest BCUT2D eigenvalue weighted by atomic mass is 16.2. The Hall–Kier alpha value is -3.74. The van der Waals surface area contributed by atoms with Gasteiger partial charge < -0.3 is 14.5 Å². The van der Waals surface area contributed by atoms with E-state index in [1.807, 2.05) is 41.0 Å². The molecule has 0 aliphatic heterocycles. The molecular formula is C21H19N5O2. The number of nitrogens with zero attached hydrogens (tertiary/aromatic N) is 4. The van der Waals surface area contributed by atoms with Crippen LogP contribution >= 0.6 is 0 Å². The first-order valence-electron chi connectivity index (χ1n) is 8.90. The molecule has 7 heteroatoms. The largest absolute Gasteiger partial charge is 0.337 e. The molecule has 140 valence electrons. The molecule has 0 atom stereocenters. The number of amides is 1. The summed E-state index contributed by atoms with van der Waals surface area (Å²) in [5.41, 5.74) is 1.36. The smallest absolute Gasteiger partial charge is 0.258 e. The molecule has 0 saturated heterocycles. The van der Waals surface area contributed by atoms with E-state index in [2.05, 4.69) is 15.0 Å².